The lowest BCUT2D eigenvalue weighted by molar-refractivity contribution is 1.07. The van der Waals surface area contributed by atoms with Crippen LogP contribution >= 0.6 is 0 Å². The van der Waals surface area contributed by atoms with Gasteiger partial charge in [0.15, 0.2) is 17.5 Å². The van der Waals surface area contributed by atoms with Gasteiger partial charge in [0.05, 0.1) is 0 Å². The molecule has 188 valence electrons. The predicted molar refractivity (Wildman–Crippen MR) is 169 cm³/mol. The number of hydrogen-bond acceptors (Lipinski definition) is 3. The fourth-order valence-corrected chi connectivity index (χ4v) is 5.46. The van der Waals surface area contributed by atoms with E-state index in [-0.39, 0.29) is 0 Å². The fourth-order valence-electron chi connectivity index (χ4n) is 5.46. The molecule has 1 heterocycles. The van der Waals surface area contributed by atoms with Gasteiger partial charge in [-0.2, -0.15) is 0 Å². The summed E-state index contributed by atoms with van der Waals surface area (Å²) in [6.07, 6.45) is 0. The van der Waals surface area contributed by atoms with Crippen molar-refractivity contribution in [2.24, 2.45) is 0 Å². The maximum absolute atomic E-state index is 4.98. The van der Waals surface area contributed by atoms with Crippen LogP contribution in [0.3, 0.4) is 0 Å². The molecule has 7 rings (SSSR count). The molecule has 1 aromatic heterocycles. The highest BCUT2D eigenvalue weighted by Gasteiger charge is 2.15. The summed E-state index contributed by atoms with van der Waals surface area (Å²) in [7, 11) is 2.14. The third kappa shape index (κ3) is 4.44. The molecule has 0 aliphatic heterocycles. The average molecular weight is 511 g/mol. The molecule has 0 saturated carbocycles. The van der Waals surface area contributed by atoms with Gasteiger partial charge >= 0.3 is 0 Å². The SMILES string of the molecule is Bc1cc(-c2nc(-c3ccccc3)nc(-c3ccccc3)n2)cc(-c2cc3ccccc3c3ccc(C)cc23)c1. The number of aromatic nitrogens is 3. The van der Waals surface area contributed by atoms with Crippen molar-refractivity contribution in [1.82, 2.24) is 15.0 Å². The first-order valence-corrected chi connectivity index (χ1v) is 13.5. The van der Waals surface area contributed by atoms with Gasteiger partial charge in [-0.3, -0.25) is 0 Å². The number of rotatable bonds is 4. The monoisotopic (exact) mass is 511 g/mol. The summed E-state index contributed by atoms with van der Waals surface area (Å²) < 4.78 is 0. The van der Waals surface area contributed by atoms with E-state index in [2.05, 4.69) is 81.5 Å². The van der Waals surface area contributed by atoms with Crippen LogP contribution in [0.4, 0.5) is 0 Å². The van der Waals surface area contributed by atoms with Gasteiger partial charge in [0.1, 0.15) is 7.85 Å². The summed E-state index contributed by atoms with van der Waals surface area (Å²) in [5, 5.41) is 5.02. The fraction of sp³-hybridized carbons (Fsp3) is 0.0278. The topological polar surface area (TPSA) is 38.7 Å². The van der Waals surface area contributed by atoms with E-state index in [0.29, 0.717) is 17.5 Å². The van der Waals surface area contributed by atoms with E-state index >= 15 is 0 Å². The second-order valence-corrected chi connectivity index (χ2v) is 10.3. The second-order valence-electron chi connectivity index (χ2n) is 10.3. The molecule has 0 saturated heterocycles. The highest BCUT2D eigenvalue weighted by Crippen LogP contribution is 2.36. The first-order chi connectivity index (χ1) is 19.6. The summed E-state index contributed by atoms with van der Waals surface area (Å²) in [5.74, 6) is 2.00. The number of fused-ring (bicyclic) bond motifs is 3. The van der Waals surface area contributed by atoms with E-state index in [0.717, 1.165) is 27.7 Å². The van der Waals surface area contributed by atoms with Crippen molar-refractivity contribution in [1.29, 1.82) is 0 Å². The third-order valence-corrected chi connectivity index (χ3v) is 7.36. The second kappa shape index (κ2) is 9.90. The number of nitrogens with zero attached hydrogens (tertiary/aromatic N) is 3. The molecule has 0 aliphatic rings. The zero-order chi connectivity index (χ0) is 27.1. The van der Waals surface area contributed by atoms with E-state index in [9.17, 15) is 0 Å². The van der Waals surface area contributed by atoms with Crippen LogP contribution in [0.25, 0.3) is 66.8 Å². The molecule has 0 unspecified atom stereocenters. The Morgan fingerprint density at radius 2 is 1.02 bits per heavy atom. The lowest BCUT2D eigenvalue weighted by atomic mass is 9.87. The molecule has 40 heavy (non-hydrogen) atoms. The van der Waals surface area contributed by atoms with Gasteiger partial charge in [-0.05, 0) is 51.7 Å². The molecule has 7 aromatic rings. The van der Waals surface area contributed by atoms with Crippen LogP contribution in [0.2, 0.25) is 0 Å². The predicted octanol–water partition coefficient (Wildman–Crippen LogP) is 7.41. The Morgan fingerprint density at radius 1 is 0.450 bits per heavy atom. The lowest BCUT2D eigenvalue weighted by Crippen LogP contribution is -2.06. The normalized spacial score (nSPS) is 11.2. The van der Waals surface area contributed by atoms with Crippen molar-refractivity contribution in [2.45, 2.75) is 6.92 Å². The minimum Gasteiger partial charge on any atom is -0.208 e. The minimum atomic E-state index is 0.666. The van der Waals surface area contributed by atoms with Crippen molar-refractivity contribution < 1.29 is 0 Å². The molecule has 4 heteroatoms. The summed E-state index contributed by atoms with van der Waals surface area (Å²) in [6.45, 7) is 2.15. The van der Waals surface area contributed by atoms with E-state index in [1.807, 2.05) is 60.7 Å². The van der Waals surface area contributed by atoms with Crippen molar-refractivity contribution >= 4 is 34.9 Å². The summed E-state index contributed by atoms with van der Waals surface area (Å²) >= 11 is 0. The summed E-state index contributed by atoms with van der Waals surface area (Å²) in [4.78, 5) is 14.8. The molecule has 6 aromatic carbocycles. The Balaban J connectivity index is 1.46. The Bertz CT molecular complexity index is 1960. The lowest BCUT2D eigenvalue weighted by Gasteiger charge is -2.14. The Morgan fingerprint density at radius 3 is 1.70 bits per heavy atom. The van der Waals surface area contributed by atoms with Gasteiger partial charge in [0.25, 0.3) is 0 Å². The zero-order valence-electron chi connectivity index (χ0n) is 22.5. The standard InChI is InChI=1S/C36H26BN3/c1-23-16-17-31-30-15-9-8-14-26(30)22-32(33(31)18-23)27-19-28(21-29(37)20-27)36-39-34(24-10-4-2-5-11-24)38-35(40-36)25-12-6-3-7-13-25/h2-22H,37H2,1H3. The number of hydrogen-bond donors (Lipinski definition) is 0. The molecule has 3 nitrogen and oxygen atoms in total. The van der Waals surface area contributed by atoms with Crippen molar-refractivity contribution in [3.8, 4) is 45.3 Å². The summed E-state index contributed by atoms with van der Waals surface area (Å²) in [6, 6.07) is 44.5. The molecule has 0 bridgehead atoms. The molecular weight excluding hydrogens is 485 g/mol. The molecule has 0 atom stereocenters. The Hall–Kier alpha value is -5.09. The quantitative estimate of drug-likeness (QED) is 0.182. The van der Waals surface area contributed by atoms with Crippen molar-refractivity contribution in [3.05, 3.63) is 133 Å². The maximum atomic E-state index is 4.98. The molecule has 0 aliphatic carbocycles. The first kappa shape index (κ1) is 24.0. The molecule has 0 amide bonds. The van der Waals surface area contributed by atoms with Crippen LogP contribution in [0, 0.1) is 6.92 Å². The molecule has 0 spiro atoms. The van der Waals surface area contributed by atoms with Crippen molar-refractivity contribution in [3.63, 3.8) is 0 Å². The van der Waals surface area contributed by atoms with Gasteiger partial charge < -0.3 is 0 Å². The number of aryl methyl sites for hydroxylation is 1. The maximum Gasteiger partial charge on any atom is 0.164 e. The van der Waals surface area contributed by atoms with Gasteiger partial charge in [-0.1, -0.05) is 126 Å². The molecular formula is C36H26BN3. The third-order valence-electron chi connectivity index (χ3n) is 7.36. The van der Waals surface area contributed by atoms with E-state index in [1.165, 1.54) is 32.7 Å². The van der Waals surface area contributed by atoms with E-state index in [1.54, 1.807) is 0 Å². The van der Waals surface area contributed by atoms with Gasteiger partial charge in [0, 0.05) is 16.7 Å². The average Bonchev–Trinajstić information content (AvgIpc) is 3.01. The smallest absolute Gasteiger partial charge is 0.164 e. The van der Waals surface area contributed by atoms with Crippen LogP contribution in [0.1, 0.15) is 5.56 Å². The largest absolute Gasteiger partial charge is 0.208 e. The molecule has 0 radical (unpaired) electrons. The van der Waals surface area contributed by atoms with Gasteiger partial charge in [0.2, 0.25) is 0 Å². The van der Waals surface area contributed by atoms with E-state index < -0.39 is 0 Å². The molecule has 0 N–H and O–H groups in total. The van der Waals surface area contributed by atoms with E-state index in [4.69, 9.17) is 15.0 Å². The minimum absolute atomic E-state index is 0.666. The van der Waals surface area contributed by atoms with Gasteiger partial charge in [-0.15, -0.1) is 0 Å². The Labute approximate surface area is 234 Å². The first-order valence-electron chi connectivity index (χ1n) is 13.5. The van der Waals surface area contributed by atoms with Gasteiger partial charge in [-0.25, -0.2) is 15.0 Å². The highest BCUT2D eigenvalue weighted by atomic mass is 15.0. The zero-order valence-corrected chi connectivity index (χ0v) is 22.5. The Kier molecular flexibility index (Phi) is 5.94. The van der Waals surface area contributed by atoms with Crippen LogP contribution in [0.5, 0.6) is 0 Å². The van der Waals surface area contributed by atoms with Crippen LogP contribution in [-0.4, -0.2) is 22.8 Å². The highest BCUT2D eigenvalue weighted by molar-refractivity contribution is 6.33. The number of benzene rings is 6. The van der Waals surface area contributed by atoms with Crippen LogP contribution in [0.15, 0.2) is 127 Å². The van der Waals surface area contributed by atoms with Crippen LogP contribution < -0.4 is 5.46 Å². The van der Waals surface area contributed by atoms with Crippen molar-refractivity contribution in [2.75, 3.05) is 0 Å². The van der Waals surface area contributed by atoms with Crippen LogP contribution in [-0.2, 0) is 0 Å². The summed E-state index contributed by atoms with van der Waals surface area (Å²) in [5.41, 5.74) is 7.67. The molecule has 0 fully saturated rings.